The molecule has 1 heterocycles. The predicted octanol–water partition coefficient (Wildman–Crippen LogP) is 0.650. The highest BCUT2D eigenvalue weighted by Gasteiger charge is 2.05. The third-order valence-electron chi connectivity index (χ3n) is 2.46. The summed E-state index contributed by atoms with van der Waals surface area (Å²) >= 11 is 0. The second-order valence-electron chi connectivity index (χ2n) is 3.39. The molecule has 0 fully saturated rings. The molecule has 0 saturated carbocycles. The molecule has 1 aromatic rings. The van der Waals surface area contributed by atoms with E-state index in [1.165, 1.54) is 0 Å². The van der Waals surface area contributed by atoms with Crippen LogP contribution in [-0.4, -0.2) is 53.3 Å². The van der Waals surface area contributed by atoms with Crippen molar-refractivity contribution in [3.8, 4) is 0 Å². The fourth-order valence-corrected chi connectivity index (χ4v) is 1.35. The summed E-state index contributed by atoms with van der Waals surface area (Å²) in [5, 5.41) is 7.76. The van der Waals surface area contributed by atoms with Gasteiger partial charge in [0.05, 0.1) is 12.4 Å². The zero-order valence-corrected chi connectivity index (χ0v) is 9.72. The predicted molar refractivity (Wildman–Crippen MR) is 60.9 cm³/mol. The summed E-state index contributed by atoms with van der Waals surface area (Å²) in [7, 11) is 1.99. The van der Waals surface area contributed by atoms with Gasteiger partial charge in [-0.1, -0.05) is 13.8 Å². The van der Waals surface area contributed by atoms with Crippen molar-refractivity contribution in [2.75, 3.05) is 38.1 Å². The van der Waals surface area contributed by atoms with Crippen molar-refractivity contribution < 1.29 is 0 Å². The average molecular weight is 209 g/mol. The molecule has 0 unspecified atom stereocenters. The van der Waals surface area contributed by atoms with Crippen LogP contribution in [-0.2, 0) is 0 Å². The van der Waals surface area contributed by atoms with E-state index in [-0.39, 0.29) is 0 Å². The van der Waals surface area contributed by atoms with E-state index in [0.29, 0.717) is 5.95 Å². The first-order valence-electron chi connectivity index (χ1n) is 5.35. The summed E-state index contributed by atoms with van der Waals surface area (Å²) in [6, 6.07) is 0. The molecule has 84 valence electrons. The zero-order valence-electron chi connectivity index (χ0n) is 9.72. The molecule has 5 heteroatoms. The zero-order chi connectivity index (χ0) is 11.1. The number of anilines is 1. The van der Waals surface area contributed by atoms with Crippen molar-refractivity contribution in [3.63, 3.8) is 0 Å². The maximum absolute atomic E-state index is 4.14. The van der Waals surface area contributed by atoms with E-state index in [1.807, 2.05) is 11.9 Å². The Morgan fingerprint density at radius 2 is 1.87 bits per heavy atom. The Kier molecular flexibility index (Phi) is 4.97. The van der Waals surface area contributed by atoms with E-state index in [4.69, 9.17) is 0 Å². The smallest absolute Gasteiger partial charge is 0.245 e. The highest BCUT2D eigenvalue weighted by molar-refractivity contribution is 5.24. The minimum absolute atomic E-state index is 0.685. The maximum atomic E-state index is 4.14. The number of nitrogens with zero attached hydrogens (tertiary/aromatic N) is 5. The van der Waals surface area contributed by atoms with E-state index >= 15 is 0 Å². The van der Waals surface area contributed by atoms with Crippen LogP contribution in [0, 0.1) is 0 Å². The van der Waals surface area contributed by atoms with Gasteiger partial charge in [0.15, 0.2) is 0 Å². The molecule has 0 aliphatic rings. The van der Waals surface area contributed by atoms with Gasteiger partial charge in [-0.15, -0.1) is 5.10 Å². The van der Waals surface area contributed by atoms with Crippen molar-refractivity contribution in [1.29, 1.82) is 0 Å². The van der Waals surface area contributed by atoms with Gasteiger partial charge in [0.25, 0.3) is 0 Å². The lowest BCUT2D eigenvalue weighted by Crippen LogP contribution is -2.33. The van der Waals surface area contributed by atoms with E-state index in [1.54, 1.807) is 12.4 Å². The summed E-state index contributed by atoms with van der Waals surface area (Å²) in [5.74, 6) is 0.685. The van der Waals surface area contributed by atoms with Gasteiger partial charge in [-0.05, 0) is 13.1 Å². The average Bonchev–Trinajstić information content (AvgIpc) is 2.31. The molecule has 0 amide bonds. The summed E-state index contributed by atoms with van der Waals surface area (Å²) in [6.07, 6.45) is 3.25. The number of likely N-dealkylation sites (N-methyl/N-ethyl adjacent to an activating group) is 2. The van der Waals surface area contributed by atoms with Crippen LogP contribution in [0.3, 0.4) is 0 Å². The molecule has 0 radical (unpaired) electrons. The molecule has 0 aliphatic carbocycles. The minimum Gasteiger partial charge on any atom is -0.341 e. The number of hydrogen-bond acceptors (Lipinski definition) is 5. The van der Waals surface area contributed by atoms with Crippen LogP contribution in [0.2, 0.25) is 0 Å². The van der Waals surface area contributed by atoms with Crippen LogP contribution < -0.4 is 4.90 Å². The van der Waals surface area contributed by atoms with Crippen LogP contribution in [0.25, 0.3) is 0 Å². The van der Waals surface area contributed by atoms with E-state index in [2.05, 4.69) is 33.9 Å². The summed E-state index contributed by atoms with van der Waals surface area (Å²) in [5.41, 5.74) is 0. The van der Waals surface area contributed by atoms with Crippen molar-refractivity contribution in [3.05, 3.63) is 12.4 Å². The van der Waals surface area contributed by atoms with Gasteiger partial charge in [0.1, 0.15) is 0 Å². The van der Waals surface area contributed by atoms with E-state index in [0.717, 1.165) is 26.2 Å². The molecule has 1 aromatic heterocycles. The van der Waals surface area contributed by atoms with Crippen LogP contribution in [0.4, 0.5) is 5.95 Å². The maximum Gasteiger partial charge on any atom is 0.245 e. The molecule has 1 rings (SSSR count). The number of aromatic nitrogens is 3. The molecular formula is C10H19N5. The molecule has 0 bridgehead atoms. The van der Waals surface area contributed by atoms with Crippen molar-refractivity contribution in [1.82, 2.24) is 20.1 Å². The Morgan fingerprint density at radius 3 is 2.40 bits per heavy atom. The number of hydrogen-bond donors (Lipinski definition) is 0. The molecule has 0 atom stereocenters. The fourth-order valence-electron chi connectivity index (χ4n) is 1.35. The summed E-state index contributed by atoms with van der Waals surface area (Å²) < 4.78 is 0. The first-order chi connectivity index (χ1) is 7.27. The molecule has 0 aliphatic heterocycles. The molecule has 0 spiro atoms. The van der Waals surface area contributed by atoms with E-state index < -0.39 is 0 Å². The molecule has 0 saturated heterocycles. The number of rotatable bonds is 6. The van der Waals surface area contributed by atoms with Gasteiger partial charge in [-0.2, -0.15) is 5.10 Å². The van der Waals surface area contributed by atoms with Gasteiger partial charge in [-0.25, -0.2) is 4.98 Å². The SMILES string of the molecule is CCN(CC)CCN(C)c1nccnn1. The first kappa shape index (κ1) is 11.8. The summed E-state index contributed by atoms with van der Waals surface area (Å²) in [4.78, 5) is 8.53. The van der Waals surface area contributed by atoms with Gasteiger partial charge in [-0.3, -0.25) is 0 Å². The third-order valence-corrected chi connectivity index (χ3v) is 2.46. The third kappa shape index (κ3) is 3.79. The Balaban J connectivity index is 2.39. The Labute approximate surface area is 91.1 Å². The molecular weight excluding hydrogens is 190 g/mol. The van der Waals surface area contributed by atoms with Gasteiger partial charge >= 0.3 is 0 Å². The molecule has 5 nitrogen and oxygen atoms in total. The van der Waals surface area contributed by atoms with Crippen LogP contribution in [0.15, 0.2) is 12.4 Å². The molecule has 0 N–H and O–H groups in total. The Morgan fingerprint density at radius 1 is 1.13 bits per heavy atom. The second-order valence-corrected chi connectivity index (χ2v) is 3.39. The Bertz CT molecular complexity index is 260. The lowest BCUT2D eigenvalue weighted by molar-refractivity contribution is 0.310. The van der Waals surface area contributed by atoms with Crippen molar-refractivity contribution in [2.24, 2.45) is 0 Å². The van der Waals surface area contributed by atoms with Crippen LogP contribution in [0.5, 0.6) is 0 Å². The normalized spacial score (nSPS) is 10.7. The van der Waals surface area contributed by atoms with Crippen LogP contribution in [0.1, 0.15) is 13.8 Å². The van der Waals surface area contributed by atoms with E-state index in [9.17, 15) is 0 Å². The quantitative estimate of drug-likeness (QED) is 0.688. The molecule has 15 heavy (non-hydrogen) atoms. The van der Waals surface area contributed by atoms with Gasteiger partial charge in [0, 0.05) is 20.1 Å². The monoisotopic (exact) mass is 209 g/mol. The second kappa shape index (κ2) is 6.29. The lowest BCUT2D eigenvalue weighted by Gasteiger charge is -2.22. The first-order valence-corrected chi connectivity index (χ1v) is 5.35. The molecule has 0 aromatic carbocycles. The largest absolute Gasteiger partial charge is 0.341 e. The highest BCUT2D eigenvalue weighted by Crippen LogP contribution is 2.00. The van der Waals surface area contributed by atoms with Gasteiger partial charge in [0.2, 0.25) is 5.95 Å². The fraction of sp³-hybridized carbons (Fsp3) is 0.700. The standard InChI is InChI=1S/C10H19N5/c1-4-15(5-2)9-8-14(3)10-11-6-7-12-13-10/h6-7H,4-5,8-9H2,1-3H3. The van der Waals surface area contributed by atoms with Crippen molar-refractivity contribution >= 4 is 5.95 Å². The van der Waals surface area contributed by atoms with Gasteiger partial charge < -0.3 is 9.80 Å². The minimum atomic E-state index is 0.685. The summed E-state index contributed by atoms with van der Waals surface area (Å²) in [6.45, 7) is 8.46. The lowest BCUT2D eigenvalue weighted by atomic mass is 10.4. The Hall–Kier alpha value is -1.23. The highest BCUT2D eigenvalue weighted by atomic mass is 15.3. The van der Waals surface area contributed by atoms with Crippen molar-refractivity contribution in [2.45, 2.75) is 13.8 Å². The van der Waals surface area contributed by atoms with Crippen LogP contribution >= 0.6 is 0 Å². The topological polar surface area (TPSA) is 45.2 Å².